The normalized spacial score (nSPS) is 12.8. The highest BCUT2D eigenvalue weighted by Crippen LogP contribution is 2.32. The van der Waals surface area contributed by atoms with Crippen LogP contribution in [0.3, 0.4) is 0 Å². The molecule has 21 heavy (non-hydrogen) atoms. The van der Waals surface area contributed by atoms with Crippen molar-refractivity contribution in [2.45, 2.75) is 13.0 Å². The zero-order chi connectivity index (χ0) is 15.1. The molecule has 0 aliphatic rings. The van der Waals surface area contributed by atoms with Crippen LogP contribution in [-0.4, -0.2) is 0 Å². The maximum atomic E-state index is 6.28. The van der Waals surface area contributed by atoms with Gasteiger partial charge in [-0.25, -0.2) is 0 Å². The summed E-state index contributed by atoms with van der Waals surface area (Å²) in [6, 6.07) is 11.0. The van der Waals surface area contributed by atoms with Gasteiger partial charge in [-0.3, -0.25) is 0 Å². The van der Waals surface area contributed by atoms with E-state index in [0.29, 0.717) is 15.8 Å². The Kier molecular flexibility index (Phi) is 4.02. The molecular weight excluding hydrogens is 373 g/mol. The Morgan fingerprint density at radius 1 is 1.10 bits per heavy atom. The molecule has 0 fully saturated rings. The van der Waals surface area contributed by atoms with Crippen molar-refractivity contribution in [1.82, 2.24) is 0 Å². The van der Waals surface area contributed by atoms with Crippen molar-refractivity contribution in [3.8, 4) is 0 Å². The van der Waals surface area contributed by atoms with Crippen LogP contribution in [-0.2, 0) is 0 Å². The first kappa shape index (κ1) is 14.9. The highest BCUT2D eigenvalue weighted by atomic mass is 79.9. The summed E-state index contributed by atoms with van der Waals surface area (Å²) in [5, 5.41) is 2.02. The van der Waals surface area contributed by atoms with Gasteiger partial charge >= 0.3 is 0 Å². The molecule has 0 spiro atoms. The zero-order valence-corrected chi connectivity index (χ0v) is 14.3. The number of aryl methyl sites for hydroxylation is 1. The lowest BCUT2D eigenvalue weighted by Gasteiger charge is -2.10. The summed E-state index contributed by atoms with van der Waals surface area (Å²) in [4.78, 5) is 0. The second-order valence-corrected chi connectivity index (χ2v) is 6.67. The van der Waals surface area contributed by atoms with Crippen LogP contribution in [0.5, 0.6) is 0 Å². The van der Waals surface area contributed by atoms with E-state index in [9.17, 15) is 0 Å². The maximum Gasteiger partial charge on any atom is 0.137 e. The minimum Gasteiger partial charge on any atom is -0.459 e. The van der Waals surface area contributed by atoms with Gasteiger partial charge < -0.3 is 10.2 Å². The molecule has 2 N–H and O–H groups in total. The predicted octanol–water partition coefficient (Wildman–Crippen LogP) is 5.86. The lowest BCUT2D eigenvalue weighted by atomic mass is 10.1. The van der Waals surface area contributed by atoms with E-state index in [4.69, 9.17) is 33.4 Å². The number of furan rings is 1. The van der Waals surface area contributed by atoms with E-state index in [1.54, 1.807) is 12.1 Å². The third-order valence-corrected chi connectivity index (χ3v) is 4.59. The molecule has 5 heteroatoms. The Balaban J connectivity index is 2.07. The van der Waals surface area contributed by atoms with Crippen LogP contribution in [0.1, 0.15) is 22.9 Å². The third kappa shape index (κ3) is 2.84. The van der Waals surface area contributed by atoms with Gasteiger partial charge in [-0.1, -0.05) is 45.2 Å². The van der Waals surface area contributed by atoms with Crippen LogP contribution in [0.15, 0.2) is 45.3 Å². The SMILES string of the molecule is Cc1cc(Br)cc2cc(C(N)c3ccc(Cl)c(Cl)c3)oc12. The molecule has 2 aromatic carbocycles. The summed E-state index contributed by atoms with van der Waals surface area (Å²) in [7, 11) is 0. The van der Waals surface area contributed by atoms with Crippen molar-refractivity contribution in [3.05, 3.63) is 67.8 Å². The quantitative estimate of drug-likeness (QED) is 0.601. The van der Waals surface area contributed by atoms with Gasteiger partial charge in [0.2, 0.25) is 0 Å². The monoisotopic (exact) mass is 383 g/mol. The first-order valence-corrected chi connectivity index (χ1v) is 7.90. The average Bonchev–Trinajstić information content (AvgIpc) is 2.85. The highest BCUT2D eigenvalue weighted by Gasteiger charge is 2.16. The molecule has 0 amide bonds. The first-order valence-electron chi connectivity index (χ1n) is 6.36. The van der Waals surface area contributed by atoms with E-state index < -0.39 is 0 Å². The Bertz CT molecular complexity index is 829. The summed E-state index contributed by atoms with van der Waals surface area (Å²) in [5.74, 6) is 0.699. The zero-order valence-electron chi connectivity index (χ0n) is 11.2. The van der Waals surface area contributed by atoms with Gasteiger partial charge in [-0.15, -0.1) is 0 Å². The van der Waals surface area contributed by atoms with Crippen LogP contribution >= 0.6 is 39.1 Å². The van der Waals surface area contributed by atoms with E-state index >= 15 is 0 Å². The molecule has 1 aromatic heterocycles. The lowest BCUT2D eigenvalue weighted by Crippen LogP contribution is -2.10. The van der Waals surface area contributed by atoms with Gasteiger partial charge in [0.25, 0.3) is 0 Å². The van der Waals surface area contributed by atoms with Crippen molar-refractivity contribution >= 4 is 50.1 Å². The summed E-state index contributed by atoms with van der Waals surface area (Å²) >= 11 is 15.5. The molecule has 0 aliphatic carbocycles. The summed E-state index contributed by atoms with van der Waals surface area (Å²) in [5.41, 5.74) is 9.05. The summed E-state index contributed by atoms with van der Waals surface area (Å²) < 4.78 is 6.93. The Morgan fingerprint density at radius 2 is 1.86 bits per heavy atom. The van der Waals surface area contributed by atoms with Crippen LogP contribution in [0, 0.1) is 6.92 Å². The minimum absolute atomic E-state index is 0.384. The van der Waals surface area contributed by atoms with E-state index in [1.807, 2.05) is 31.2 Å². The molecule has 3 aromatic rings. The van der Waals surface area contributed by atoms with E-state index in [2.05, 4.69) is 15.9 Å². The van der Waals surface area contributed by atoms with Gasteiger partial charge in [0.15, 0.2) is 0 Å². The Hall–Kier alpha value is -1.00. The number of hydrogen-bond acceptors (Lipinski definition) is 2. The molecule has 0 radical (unpaired) electrons. The molecule has 108 valence electrons. The molecule has 3 rings (SSSR count). The molecular formula is C16H12BrCl2NO. The van der Waals surface area contributed by atoms with Gasteiger partial charge in [-0.05, 0) is 48.4 Å². The highest BCUT2D eigenvalue weighted by molar-refractivity contribution is 9.10. The standard InChI is InChI=1S/C16H12BrCl2NO/c1-8-4-11(17)5-10-7-14(21-16(8)10)15(20)9-2-3-12(18)13(19)6-9/h2-7,15H,20H2,1H3. The topological polar surface area (TPSA) is 39.2 Å². The minimum atomic E-state index is -0.384. The van der Waals surface area contributed by atoms with E-state index in [0.717, 1.165) is 26.6 Å². The van der Waals surface area contributed by atoms with Gasteiger partial charge in [0.05, 0.1) is 16.1 Å². The largest absolute Gasteiger partial charge is 0.459 e. The van der Waals surface area contributed by atoms with E-state index in [-0.39, 0.29) is 6.04 Å². The van der Waals surface area contributed by atoms with Crippen LogP contribution in [0.25, 0.3) is 11.0 Å². The van der Waals surface area contributed by atoms with Crippen molar-refractivity contribution in [2.24, 2.45) is 5.73 Å². The van der Waals surface area contributed by atoms with Gasteiger partial charge in [0.1, 0.15) is 11.3 Å². The van der Waals surface area contributed by atoms with Crippen molar-refractivity contribution in [3.63, 3.8) is 0 Å². The Morgan fingerprint density at radius 3 is 2.57 bits per heavy atom. The van der Waals surface area contributed by atoms with Gasteiger partial charge in [-0.2, -0.15) is 0 Å². The second-order valence-electron chi connectivity index (χ2n) is 4.94. The van der Waals surface area contributed by atoms with Crippen molar-refractivity contribution < 1.29 is 4.42 Å². The molecule has 2 nitrogen and oxygen atoms in total. The molecule has 1 atom stereocenters. The molecule has 0 saturated carbocycles. The number of benzene rings is 2. The smallest absolute Gasteiger partial charge is 0.137 e. The summed E-state index contributed by atoms with van der Waals surface area (Å²) in [6.45, 7) is 2.01. The number of nitrogens with two attached hydrogens (primary N) is 1. The molecule has 1 heterocycles. The maximum absolute atomic E-state index is 6.28. The second kappa shape index (κ2) is 5.65. The molecule has 1 unspecified atom stereocenters. The Labute approximate surface area is 141 Å². The molecule has 0 bridgehead atoms. The van der Waals surface area contributed by atoms with E-state index in [1.165, 1.54) is 0 Å². The fourth-order valence-electron chi connectivity index (χ4n) is 2.33. The third-order valence-electron chi connectivity index (χ3n) is 3.40. The number of fused-ring (bicyclic) bond motifs is 1. The molecule has 0 saturated heterocycles. The predicted molar refractivity (Wildman–Crippen MR) is 91.1 cm³/mol. The van der Waals surface area contributed by atoms with Gasteiger partial charge in [0, 0.05) is 9.86 Å². The van der Waals surface area contributed by atoms with Crippen molar-refractivity contribution in [1.29, 1.82) is 0 Å². The van der Waals surface area contributed by atoms with Crippen molar-refractivity contribution in [2.75, 3.05) is 0 Å². The van der Waals surface area contributed by atoms with Crippen LogP contribution in [0.2, 0.25) is 10.0 Å². The number of rotatable bonds is 2. The first-order chi connectivity index (χ1) is 9.95. The average molecular weight is 385 g/mol. The lowest BCUT2D eigenvalue weighted by molar-refractivity contribution is 0.523. The fraction of sp³-hybridized carbons (Fsp3) is 0.125. The summed E-state index contributed by atoms with van der Waals surface area (Å²) in [6.07, 6.45) is 0. The fourth-order valence-corrected chi connectivity index (χ4v) is 3.22. The molecule has 0 aliphatic heterocycles. The van der Waals surface area contributed by atoms with Crippen LogP contribution < -0.4 is 5.73 Å². The van der Waals surface area contributed by atoms with Crippen LogP contribution in [0.4, 0.5) is 0 Å². The number of hydrogen-bond donors (Lipinski definition) is 1. The number of halogens is 3.